The maximum atomic E-state index is 13.2. The van der Waals surface area contributed by atoms with Crippen molar-refractivity contribution in [3.8, 4) is 0 Å². The summed E-state index contributed by atoms with van der Waals surface area (Å²) in [7, 11) is 0. The van der Waals surface area contributed by atoms with Crippen molar-refractivity contribution in [1.82, 2.24) is 25.3 Å². The molecule has 9 nitrogen and oxygen atoms in total. The smallest absolute Gasteiger partial charge is 0.272 e. The number of amides is 3. The number of imidazole rings is 1. The molecule has 1 saturated carbocycles. The number of aromatic nitrogens is 2. The van der Waals surface area contributed by atoms with Crippen LogP contribution in [0.1, 0.15) is 67.4 Å². The summed E-state index contributed by atoms with van der Waals surface area (Å²) in [6.45, 7) is 2.55. The van der Waals surface area contributed by atoms with Crippen LogP contribution in [0.15, 0.2) is 24.5 Å². The van der Waals surface area contributed by atoms with Gasteiger partial charge in [-0.25, -0.2) is 4.98 Å². The second-order valence-electron chi connectivity index (χ2n) is 9.63. The lowest BCUT2D eigenvalue weighted by atomic mass is 9.84. The number of aryl methyl sites for hydroxylation is 1. The van der Waals surface area contributed by atoms with Crippen LogP contribution in [0.3, 0.4) is 0 Å². The fourth-order valence-electron chi connectivity index (χ4n) is 5.04. The van der Waals surface area contributed by atoms with Crippen LogP contribution in [0.25, 0.3) is 5.65 Å². The quantitative estimate of drug-likeness (QED) is 0.487. The molecule has 1 aliphatic heterocycles. The molecule has 0 bridgehead atoms. The maximum Gasteiger partial charge on any atom is 0.272 e. The summed E-state index contributed by atoms with van der Waals surface area (Å²) < 4.78 is 1.79. The molecule has 3 heterocycles. The van der Waals surface area contributed by atoms with Crippen molar-refractivity contribution in [1.29, 1.82) is 0 Å². The zero-order valence-corrected chi connectivity index (χ0v) is 19.6. The largest absolute Gasteiger partial charge is 0.356 e. The number of nitrogens with zero attached hydrogens (tertiary/aromatic N) is 2. The van der Waals surface area contributed by atoms with E-state index < -0.39 is 23.9 Å². The normalized spacial score (nSPS) is 20.5. The second kappa shape index (κ2) is 10.8. The van der Waals surface area contributed by atoms with Crippen molar-refractivity contribution in [2.75, 3.05) is 6.54 Å². The van der Waals surface area contributed by atoms with E-state index in [2.05, 4.69) is 20.9 Å². The van der Waals surface area contributed by atoms with Gasteiger partial charge in [-0.1, -0.05) is 38.2 Å². The first kappa shape index (κ1) is 23.9. The summed E-state index contributed by atoms with van der Waals surface area (Å²) in [5, 5.41) is 8.39. The molecule has 9 heteroatoms. The summed E-state index contributed by atoms with van der Waals surface area (Å²) in [5.74, 6) is -0.855. The summed E-state index contributed by atoms with van der Waals surface area (Å²) in [6, 6.07) is 2.21. The SMILES string of the molecule is Cc1ccc2nc(C(=O)N[C@@H](CC3CCCCC3)C(=O)N[C@H](C=O)CC3CCNC3=O)cn2c1. The van der Waals surface area contributed by atoms with Crippen LogP contribution in [0.2, 0.25) is 0 Å². The van der Waals surface area contributed by atoms with Gasteiger partial charge in [-0.15, -0.1) is 0 Å². The van der Waals surface area contributed by atoms with E-state index in [1.165, 1.54) is 6.42 Å². The van der Waals surface area contributed by atoms with Crippen molar-refractivity contribution in [3.63, 3.8) is 0 Å². The molecule has 0 spiro atoms. The molecule has 2 aromatic heterocycles. The Bertz CT molecular complexity index is 1060. The Labute approximate surface area is 199 Å². The lowest BCUT2D eigenvalue weighted by molar-refractivity contribution is -0.127. The molecule has 0 radical (unpaired) electrons. The van der Waals surface area contributed by atoms with Gasteiger partial charge < -0.3 is 25.1 Å². The van der Waals surface area contributed by atoms with E-state index >= 15 is 0 Å². The number of hydrogen-bond donors (Lipinski definition) is 3. The van der Waals surface area contributed by atoms with E-state index in [-0.39, 0.29) is 23.9 Å². The van der Waals surface area contributed by atoms with Crippen LogP contribution >= 0.6 is 0 Å². The van der Waals surface area contributed by atoms with E-state index in [0.717, 1.165) is 31.2 Å². The monoisotopic (exact) mass is 467 g/mol. The molecule has 0 aromatic carbocycles. The average molecular weight is 468 g/mol. The molecule has 3 atom stereocenters. The molecule has 1 saturated heterocycles. The van der Waals surface area contributed by atoms with Gasteiger partial charge in [0.15, 0.2) is 0 Å². The van der Waals surface area contributed by atoms with Crippen LogP contribution < -0.4 is 16.0 Å². The Morgan fingerprint density at radius 2 is 1.94 bits per heavy atom. The van der Waals surface area contributed by atoms with Crippen LogP contribution in [-0.2, 0) is 14.4 Å². The average Bonchev–Trinajstić information content (AvgIpc) is 3.44. The van der Waals surface area contributed by atoms with Gasteiger partial charge in [0.1, 0.15) is 23.7 Å². The number of carbonyl (C=O) groups is 4. The lowest BCUT2D eigenvalue weighted by Gasteiger charge is -2.27. The van der Waals surface area contributed by atoms with Crippen LogP contribution in [0.4, 0.5) is 0 Å². The molecule has 3 N–H and O–H groups in total. The van der Waals surface area contributed by atoms with Gasteiger partial charge >= 0.3 is 0 Å². The third-order valence-corrected chi connectivity index (χ3v) is 6.94. The van der Waals surface area contributed by atoms with Crippen molar-refractivity contribution in [3.05, 3.63) is 35.8 Å². The molecule has 1 aliphatic carbocycles. The Morgan fingerprint density at radius 1 is 1.15 bits per heavy atom. The molecule has 3 amide bonds. The molecule has 2 fully saturated rings. The van der Waals surface area contributed by atoms with E-state index in [9.17, 15) is 19.2 Å². The Kier molecular flexibility index (Phi) is 7.59. The van der Waals surface area contributed by atoms with Gasteiger partial charge in [0.05, 0.1) is 6.04 Å². The fraction of sp³-hybridized carbons (Fsp3) is 0.560. The predicted molar refractivity (Wildman–Crippen MR) is 126 cm³/mol. The highest BCUT2D eigenvalue weighted by atomic mass is 16.2. The van der Waals surface area contributed by atoms with Crippen LogP contribution in [0, 0.1) is 18.8 Å². The molecule has 34 heavy (non-hydrogen) atoms. The molecule has 4 rings (SSSR count). The van der Waals surface area contributed by atoms with Crippen LogP contribution in [-0.4, -0.2) is 52.0 Å². The first-order valence-corrected chi connectivity index (χ1v) is 12.2. The number of aldehydes is 1. The molecule has 2 aromatic rings. The Balaban J connectivity index is 1.46. The number of pyridine rings is 1. The van der Waals surface area contributed by atoms with E-state index in [0.29, 0.717) is 37.2 Å². The molecule has 2 aliphatic rings. The standard InChI is InChI=1S/C25H33N5O4/c1-16-7-8-22-28-21(14-30(22)13-16)25(34)29-20(11-17-5-3-2-4-6-17)24(33)27-19(15-31)12-18-9-10-26-23(18)32/h7-8,13-15,17-20H,2-6,9-12H2,1H3,(H,26,32)(H,27,33)(H,29,34)/t18?,19-,20-/m0/s1. The van der Waals surface area contributed by atoms with Gasteiger partial charge in [-0.05, 0) is 43.7 Å². The van der Waals surface area contributed by atoms with E-state index in [1.807, 2.05) is 25.3 Å². The van der Waals surface area contributed by atoms with Crippen LogP contribution in [0.5, 0.6) is 0 Å². The highest BCUT2D eigenvalue weighted by Gasteiger charge is 2.31. The van der Waals surface area contributed by atoms with Gasteiger partial charge in [0.2, 0.25) is 11.8 Å². The molecular formula is C25H33N5O4. The molecule has 182 valence electrons. The minimum atomic E-state index is -0.776. The molecular weight excluding hydrogens is 434 g/mol. The number of fused-ring (bicyclic) bond motifs is 1. The summed E-state index contributed by atoms with van der Waals surface area (Å²) in [4.78, 5) is 54.2. The molecule has 1 unspecified atom stereocenters. The van der Waals surface area contributed by atoms with Gasteiger partial charge in [-0.3, -0.25) is 14.4 Å². The third-order valence-electron chi connectivity index (χ3n) is 6.94. The zero-order valence-electron chi connectivity index (χ0n) is 19.6. The van der Waals surface area contributed by atoms with Gasteiger partial charge in [-0.2, -0.15) is 0 Å². The maximum absolute atomic E-state index is 13.2. The first-order chi connectivity index (χ1) is 16.4. The summed E-state index contributed by atoms with van der Waals surface area (Å²) >= 11 is 0. The number of hydrogen-bond acceptors (Lipinski definition) is 5. The highest BCUT2D eigenvalue weighted by Crippen LogP contribution is 2.27. The van der Waals surface area contributed by atoms with E-state index in [1.54, 1.807) is 10.6 Å². The number of rotatable bonds is 9. The lowest BCUT2D eigenvalue weighted by Crippen LogP contribution is -2.51. The minimum Gasteiger partial charge on any atom is -0.356 e. The zero-order chi connectivity index (χ0) is 24.1. The topological polar surface area (TPSA) is 122 Å². The van der Waals surface area contributed by atoms with Crippen molar-refractivity contribution < 1.29 is 19.2 Å². The number of nitrogens with one attached hydrogen (secondary N) is 3. The van der Waals surface area contributed by atoms with Gasteiger partial charge in [0, 0.05) is 24.9 Å². The van der Waals surface area contributed by atoms with Crippen molar-refractivity contribution in [2.45, 2.75) is 70.4 Å². The first-order valence-electron chi connectivity index (χ1n) is 12.2. The minimum absolute atomic E-state index is 0.0877. The van der Waals surface area contributed by atoms with Crippen molar-refractivity contribution >= 4 is 29.7 Å². The highest BCUT2D eigenvalue weighted by molar-refractivity contribution is 5.97. The third kappa shape index (κ3) is 5.81. The predicted octanol–water partition coefficient (Wildman–Crippen LogP) is 1.92. The Hall–Kier alpha value is -3.23. The fourth-order valence-corrected chi connectivity index (χ4v) is 5.04. The Morgan fingerprint density at radius 3 is 2.65 bits per heavy atom. The second-order valence-corrected chi connectivity index (χ2v) is 9.63. The summed E-state index contributed by atoms with van der Waals surface area (Å²) in [5.41, 5.74) is 1.93. The summed E-state index contributed by atoms with van der Waals surface area (Å²) in [6.07, 6.45) is 11.1. The number of carbonyl (C=O) groups excluding carboxylic acids is 4. The van der Waals surface area contributed by atoms with Gasteiger partial charge in [0.25, 0.3) is 5.91 Å². The van der Waals surface area contributed by atoms with Crippen molar-refractivity contribution in [2.24, 2.45) is 11.8 Å². The van der Waals surface area contributed by atoms with E-state index in [4.69, 9.17) is 0 Å².